The van der Waals surface area contributed by atoms with Crippen LogP contribution in [0.2, 0.25) is 0 Å². The number of aliphatic hydroxyl groups is 2. The second-order valence-electron chi connectivity index (χ2n) is 5.17. The maximum absolute atomic E-state index is 11.0. The quantitative estimate of drug-likeness (QED) is 0.886. The first-order chi connectivity index (χ1) is 8.94. The van der Waals surface area contributed by atoms with Crippen LogP contribution in [0.25, 0.3) is 0 Å². The van der Waals surface area contributed by atoms with Gasteiger partial charge in [-0.05, 0) is 31.9 Å². The van der Waals surface area contributed by atoms with Gasteiger partial charge in [0.1, 0.15) is 5.60 Å². The minimum Gasteiger partial charge on any atom is -0.390 e. The number of rotatable bonds is 3. The van der Waals surface area contributed by atoms with Gasteiger partial charge in [0.25, 0.3) is 0 Å². The summed E-state index contributed by atoms with van der Waals surface area (Å²) in [5, 5.41) is 21.0. The molecule has 0 fully saturated rings. The normalized spacial score (nSPS) is 13.3. The highest BCUT2D eigenvalue weighted by molar-refractivity contribution is 5.39. The van der Waals surface area contributed by atoms with Crippen LogP contribution in [-0.2, 0) is 5.60 Å². The van der Waals surface area contributed by atoms with E-state index in [0.717, 1.165) is 11.1 Å². The molecule has 0 aliphatic rings. The standard InChI is InChI=1S/C17H20O2/c1-12-4-8-15(9-5-12)17(19,14(3)18)16-10-6-13(2)7-11-16/h4-11,14,18-19H,1-3H3. The van der Waals surface area contributed by atoms with Gasteiger partial charge < -0.3 is 10.2 Å². The van der Waals surface area contributed by atoms with E-state index < -0.39 is 11.7 Å². The summed E-state index contributed by atoms with van der Waals surface area (Å²) in [7, 11) is 0. The molecular formula is C17H20O2. The van der Waals surface area contributed by atoms with Gasteiger partial charge in [0.05, 0.1) is 6.10 Å². The van der Waals surface area contributed by atoms with Crippen LogP contribution < -0.4 is 0 Å². The summed E-state index contributed by atoms with van der Waals surface area (Å²) in [5.74, 6) is 0. The SMILES string of the molecule is Cc1ccc(C(O)(c2ccc(C)cc2)C(C)O)cc1. The van der Waals surface area contributed by atoms with Crippen LogP contribution in [0, 0.1) is 13.8 Å². The zero-order chi connectivity index (χ0) is 14.0. The van der Waals surface area contributed by atoms with Gasteiger partial charge in [-0.15, -0.1) is 0 Å². The van der Waals surface area contributed by atoms with Crippen molar-refractivity contribution in [2.75, 3.05) is 0 Å². The molecule has 2 heteroatoms. The van der Waals surface area contributed by atoms with Gasteiger partial charge in [-0.25, -0.2) is 0 Å². The lowest BCUT2D eigenvalue weighted by atomic mass is 9.82. The van der Waals surface area contributed by atoms with Crippen LogP contribution >= 0.6 is 0 Å². The first-order valence-corrected chi connectivity index (χ1v) is 6.49. The van der Waals surface area contributed by atoms with Crippen molar-refractivity contribution in [3.63, 3.8) is 0 Å². The zero-order valence-corrected chi connectivity index (χ0v) is 11.6. The van der Waals surface area contributed by atoms with Gasteiger partial charge in [-0.2, -0.15) is 0 Å². The van der Waals surface area contributed by atoms with Crippen LogP contribution in [0.3, 0.4) is 0 Å². The molecule has 0 saturated carbocycles. The average Bonchev–Trinajstić information content (AvgIpc) is 2.39. The number of aryl methyl sites for hydroxylation is 2. The van der Waals surface area contributed by atoms with Crippen molar-refractivity contribution in [1.29, 1.82) is 0 Å². The second kappa shape index (κ2) is 5.16. The lowest BCUT2D eigenvalue weighted by Gasteiger charge is -2.32. The van der Waals surface area contributed by atoms with Crippen LogP contribution in [0.15, 0.2) is 48.5 Å². The molecule has 0 amide bonds. The fourth-order valence-electron chi connectivity index (χ4n) is 2.26. The summed E-state index contributed by atoms with van der Waals surface area (Å²) in [5.41, 5.74) is 2.29. The number of hydrogen-bond donors (Lipinski definition) is 2. The molecule has 1 atom stereocenters. The van der Waals surface area contributed by atoms with Gasteiger partial charge in [-0.3, -0.25) is 0 Å². The molecule has 2 N–H and O–H groups in total. The van der Waals surface area contributed by atoms with Crippen molar-refractivity contribution in [3.05, 3.63) is 70.8 Å². The first kappa shape index (κ1) is 13.8. The Labute approximate surface area is 114 Å². The van der Waals surface area contributed by atoms with E-state index in [-0.39, 0.29) is 0 Å². The zero-order valence-electron chi connectivity index (χ0n) is 11.6. The van der Waals surface area contributed by atoms with Crippen molar-refractivity contribution >= 4 is 0 Å². The van der Waals surface area contributed by atoms with Crippen LogP contribution in [0.4, 0.5) is 0 Å². The topological polar surface area (TPSA) is 40.5 Å². The van der Waals surface area contributed by atoms with Crippen molar-refractivity contribution in [3.8, 4) is 0 Å². The van der Waals surface area contributed by atoms with Gasteiger partial charge >= 0.3 is 0 Å². The average molecular weight is 256 g/mol. The fourth-order valence-corrected chi connectivity index (χ4v) is 2.26. The summed E-state index contributed by atoms with van der Waals surface area (Å²) in [4.78, 5) is 0. The monoisotopic (exact) mass is 256 g/mol. The summed E-state index contributed by atoms with van der Waals surface area (Å²) in [6, 6.07) is 15.2. The molecule has 19 heavy (non-hydrogen) atoms. The maximum Gasteiger partial charge on any atom is 0.140 e. The van der Waals surface area contributed by atoms with Gasteiger partial charge in [0.2, 0.25) is 0 Å². The Bertz CT molecular complexity index is 493. The molecule has 0 heterocycles. The Kier molecular flexibility index (Phi) is 3.74. The molecule has 1 unspecified atom stereocenters. The van der Waals surface area contributed by atoms with Crippen molar-refractivity contribution in [2.45, 2.75) is 32.5 Å². The van der Waals surface area contributed by atoms with Gasteiger partial charge in [0, 0.05) is 0 Å². The number of hydrogen-bond acceptors (Lipinski definition) is 2. The summed E-state index contributed by atoms with van der Waals surface area (Å²) in [6.45, 7) is 5.61. The minimum absolute atomic E-state index is 0.706. The number of benzene rings is 2. The lowest BCUT2D eigenvalue weighted by molar-refractivity contribution is -0.0394. The van der Waals surface area contributed by atoms with Crippen molar-refractivity contribution < 1.29 is 10.2 Å². The summed E-state index contributed by atoms with van der Waals surface area (Å²) >= 11 is 0. The van der Waals surface area contributed by atoms with E-state index in [1.165, 1.54) is 0 Å². The van der Waals surface area contributed by atoms with Crippen molar-refractivity contribution in [1.82, 2.24) is 0 Å². The third-order valence-electron chi connectivity index (χ3n) is 3.59. The van der Waals surface area contributed by atoms with E-state index >= 15 is 0 Å². The molecule has 2 aromatic rings. The van der Waals surface area contributed by atoms with E-state index in [1.54, 1.807) is 6.92 Å². The Morgan fingerprint density at radius 1 is 0.789 bits per heavy atom. The molecule has 0 aliphatic carbocycles. The van der Waals surface area contributed by atoms with E-state index in [1.807, 2.05) is 62.4 Å². The van der Waals surface area contributed by atoms with E-state index in [2.05, 4.69) is 0 Å². The molecular weight excluding hydrogens is 236 g/mol. The lowest BCUT2D eigenvalue weighted by Crippen LogP contribution is -2.38. The summed E-state index contributed by atoms with van der Waals surface area (Å²) in [6.07, 6.45) is -0.891. The van der Waals surface area contributed by atoms with Crippen LogP contribution in [-0.4, -0.2) is 16.3 Å². The van der Waals surface area contributed by atoms with Crippen molar-refractivity contribution in [2.24, 2.45) is 0 Å². The highest BCUT2D eigenvalue weighted by Crippen LogP contribution is 2.33. The van der Waals surface area contributed by atoms with Crippen LogP contribution in [0.1, 0.15) is 29.2 Å². The molecule has 2 aromatic carbocycles. The van der Waals surface area contributed by atoms with E-state index in [0.29, 0.717) is 11.1 Å². The highest BCUT2D eigenvalue weighted by Gasteiger charge is 2.36. The third kappa shape index (κ3) is 2.55. The summed E-state index contributed by atoms with van der Waals surface area (Å²) < 4.78 is 0. The Hall–Kier alpha value is -1.64. The maximum atomic E-state index is 11.0. The molecule has 0 aromatic heterocycles. The Morgan fingerprint density at radius 3 is 1.37 bits per heavy atom. The largest absolute Gasteiger partial charge is 0.390 e. The van der Waals surface area contributed by atoms with E-state index in [4.69, 9.17) is 0 Å². The van der Waals surface area contributed by atoms with Gasteiger partial charge in [0.15, 0.2) is 0 Å². The predicted octanol–water partition coefficient (Wildman–Crippen LogP) is 2.92. The smallest absolute Gasteiger partial charge is 0.140 e. The second-order valence-corrected chi connectivity index (χ2v) is 5.17. The molecule has 0 radical (unpaired) electrons. The Balaban J connectivity index is 2.54. The van der Waals surface area contributed by atoms with E-state index in [9.17, 15) is 10.2 Å². The molecule has 0 aliphatic heterocycles. The molecule has 2 nitrogen and oxygen atoms in total. The predicted molar refractivity (Wildman–Crippen MR) is 77.0 cm³/mol. The molecule has 0 bridgehead atoms. The molecule has 2 rings (SSSR count). The molecule has 0 saturated heterocycles. The molecule has 0 spiro atoms. The van der Waals surface area contributed by atoms with Gasteiger partial charge in [-0.1, -0.05) is 59.7 Å². The highest BCUT2D eigenvalue weighted by atomic mass is 16.3. The first-order valence-electron chi connectivity index (χ1n) is 6.49. The minimum atomic E-state index is -1.37. The number of aliphatic hydroxyl groups excluding tert-OH is 1. The third-order valence-corrected chi connectivity index (χ3v) is 3.59. The van der Waals surface area contributed by atoms with Crippen LogP contribution in [0.5, 0.6) is 0 Å². The Morgan fingerprint density at radius 2 is 1.11 bits per heavy atom. The fraction of sp³-hybridized carbons (Fsp3) is 0.294. The molecule has 100 valence electrons.